The molecule has 0 saturated carbocycles. The minimum atomic E-state index is -0.304. The fraction of sp³-hybridized carbons (Fsp3) is 0.500. The van der Waals surface area contributed by atoms with E-state index in [-0.39, 0.29) is 12.6 Å². The predicted octanol–water partition coefficient (Wildman–Crippen LogP) is 1.00. The van der Waals surface area contributed by atoms with E-state index < -0.39 is 0 Å². The predicted molar refractivity (Wildman–Crippen MR) is 76.8 cm³/mol. The van der Waals surface area contributed by atoms with E-state index in [0.29, 0.717) is 38.0 Å². The number of aliphatic imine (C=N–C) groups is 1. The lowest BCUT2D eigenvalue weighted by molar-refractivity contribution is -0.0172. The molecule has 0 atom stereocenters. The maximum atomic E-state index is 13.6. The molecule has 0 saturated heterocycles. The molecule has 0 spiro atoms. The summed E-state index contributed by atoms with van der Waals surface area (Å²) in [4.78, 5) is 4.09. The van der Waals surface area contributed by atoms with Gasteiger partial charge >= 0.3 is 0 Å². The molecule has 0 aromatic heterocycles. The molecule has 1 aliphatic rings. The Kier molecular flexibility index (Phi) is 5.77. The fourth-order valence-corrected chi connectivity index (χ4v) is 2.06. The SMILES string of the molecule is CN=C(NCCOC)NCc1cc(F)cc2c1OCOC2. The van der Waals surface area contributed by atoms with Crippen LogP contribution >= 0.6 is 0 Å². The first kappa shape index (κ1) is 15.5. The molecule has 21 heavy (non-hydrogen) atoms. The smallest absolute Gasteiger partial charge is 0.191 e. The van der Waals surface area contributed by atoms with Gasteiger partial charge in [0.1, 0.15) is 11.6 Å². The van der Waals surface area contributed by atoms with E-state index in [0.717, 1.165) is 11.1 Å². The molecule has 0 bridgehead atoms. The number of hydrogen-bond donors (Lipinski definition) is 2. The normalized spacial score (nSPS) is 14.3. The fourth-order valence-electron chi connectivity index (χ4n) is 2.06. The number of benzene rings is 1. The Labute approximate surface area is 123 Å². The molecule has 1 aliphatic heterocycles. The number of rotatable bonds is 5. The Morgan fingerprint density at radius 1 is 1.43 bits per heavy atom. The van der Waals surface area contributed by atoms with Crippen LogP contribution in [0.3, 0.4) is 0 Å². The van der Waals surface area contributed by atoms with Crippen LogP contribution in [0.15, 0.2) is 17.1 Å². The largest absolute Gasteiger partial charge is 0.467 e. The molecule has 2 rings (SSSR count). The second-order valence-electron chi connectivity index (χ2n) is 4.51. The number of halogens is 1. The van der Waals surface area contributed by atoms with Gasteiger partial charge in [0.2, 0.25) is 0 Å². The number of guanidine groups is 1. The number of nitrogens with one attached hydrogen (secondary N) is 2. The molecular weight excluding hydrogens is 277 g/mol. The van der Waals surface area contributed by atoms with Gasteiger partial charge in [-0.25, -0.2) is 4.39 Å². The molecule has 1 aromatic carbocycles. The average Bonchev–Trinajstić information content (AvgIpc) is 2.50. The second-order valence-corrected chi connectivity index (χ2v) is 4.51. The van der Waals surface area contributed by atoms with Crippen molar-refractivity contribution in [3.05, 3.63) is 29.1 Å². The van der Waals surface area contributed by atoms with E-state index in [1.807, 2.05) is 0 Å². The van der Waals surface area contributed by atoms with Gasteiger partial charge in [-0.05, 0) is 12.1 Å². The lowest BCUT2D eigenvalue weighted by Gasteiger charge is -2.21. The van der Waals surface area contributed by atoms with E-state index >= 15 is 0 Å². The average molecular weight is 297 g/mol. The first-order chi connectivity index (χ1) is 10.2. The summed E-state index contributed by atoms with van der Waals surface area (Å²) in [6.07, 6.45) is 0. The Hall–Kier alpha value is -1.86. The van der Waals surface area contributed by atoms with Crippen LogP contribution in [0, 0.1) is 5.82 Å². The van der Waals surface area contributed by atoms with E-state index in [4.69, 9.17) is 14.2 Å². The summed E-state index contributed by atoms with van der Waals surface area (Å²) < 4.78 is 29.2. The van der Waals surface area contributed by atoms with Crippen LogP contribution in [0.25, 0.3) is 0 Å². The van der Waals surface area contributed by atoms with Crippen molar-refractivity contribution in [2.45, 2.75) is 13.2 Å². The van der Waals surface area contributed by atoms with Gasteiger partial charge in [0.25, 0.3) is 0 Å². The van der Waals surface area contributed by atoms with Crippen LogP contribution in [0.2, 0.25) is 0 Å². The number of hydrogen-bond acceptors (Lipinski definition) is 4. The summed E-state index contributed by atoms with van der Waals surface area (Å²) in [5, 5.41) is 6.21. The van der Waals surface area contributed by atoms with Crippen molar-refractivity contribution in [2.24, 2.45) is 4.99 Å². The summed E-state index contributed by atoms with van der Waals surface area (Å²) in [6, 6.07) is 2.89. The molecule has 7 heteroatoms. The van der Waals surface area contributed by atoms with Crippen molar-refractivity contribution in [1.29, 1.82) is 0 Å². The van der Waals surface area contributed by atoms with E-state index in [2.05, 4.69) is 15.6 Å². The van der Waals surface area contributed by atoms with Gasteiger partial charge in [-0.2, -0.15) is 0 Å². The highest BCUT2D eigenvalue weighted by atomic mass is 19.1. The van der Waals surface area contributed by atoms with Crippen molar-refractivity contribution < 1.29 is 18.6 Å². The standard InChI is InChI=1S/C14H20FN3O3/c1-16-14(17-3-4-19-2)18-7-10-5-12(15)6-11-8-20-9-21-13(10)11/h5-6H,3-4,7-9H2,1-2H3,(H2,16,17,18). The third-order valence-corrected chi connectivity index (χ3v) is 3.02. The third-order valence-electron chi connectivity index (χ3n) is 3.02. The van der Waals surface area contributed by atoms with Gasteiger partial charge in [0, 0.05) is 38.4 Å². The Bertz CT molecular complexity index is 508. The maximum Gasteiger partial charge on any atom is 0.191 e. The highest BCUT2D eigenvalue weighted by Gasteiger charge is 2.17. The maximum absolute atomic E-state index is 13.6. The van der Waals surface area contributed by atoms with Gasteiger partial charge < -0.3 is 24.8 Å². The zero-order chi connectivity index (χ0) is 15.1. The topological polar surface area (TPSA) is 64.1 Å². The van der Waals surface area contributed by atoms with Crippen molar-refractivity contribution in [1.82, 2.24) is 10.6 Å². The summed E-state index contributed by atoms with van der Waals surface area (Å²) in [5.74, 6) is 1.00. The van der Waals surface area contributed by atoms with Crippen molar-refractivity contribution in [3.63, 3.8) is 0 Å². The summed E-state index contributed by atoms with van der Waals surface area (Å²) in [7, 11) is 3.31. The van der Waals surface area contributed by atoms with Crippen molar-refractivity contribution in [3.8, 4) is 5.75 Å². The Morgan fingerprint density at radius 2 is 2.29 bits per heavy atom. The lowest BCUT2D eigenvalue weighted by Crippen LogP contribution is -2.38. The number of ether oxygens (including phenoxy) is 3. The molecule has 6 nitrogen and oxygen atoms in total. The second kappa shape index (κ2) is 7.80. The first-order valence-electron chi connectivity index (χ1n) is 6.70. The van der Waals surface area contributed by atoms with Crippen LogP contribution in [0.5, 0.6) is 5.75 Å². The van der Waals surface area contributed by atoms with Crippen LogP contribution in [-0.2, 0) is 22.6 Å². The van der Waals surface area contributed by atoms with Gasteiger partial charge in [-0.1, -0.05) is 0 Å². The number of methoxy groups -OCH3 is 1. The van der Waals surface area contributed by atoms with Crippen LogP contribution in [0.4, 0.5) is 4.39 Å². The Morgan fingerprint density at radius 3 is 3.05 bits per heavy atom. The molecular formula is C14H20FN3O3. The molecule has 0 fully saturated rings. The van der Waals surface area contributed by atoms with Crippen molar-refractivity contribution >= 4 is 5.96 Å². The zero-order valence-corrected chi connectivity index (χ0v) is 12.2. The molecule has 2 N–H and O–H groups in total. The van der Waals surface area contributed by atoms with E-state index in [9.17, 15) is 4.39 Å². The van der Waals surface area contributed by atoms with Gasteiger partial charge in [0.15, 0.2) is 12.8 Å². The molecule has 0 amide bonds. The van der Waals surface area contributed by atoms with E-state index in [1.165, 1.54) is 12.1 Å². The van der Waals surface area contributed by atoms with Gasteiger partial charge in [-0.15, -0.1) is 0 Å². The molecule has 0 aliphatic carbocycles. The van der Waals surface area contributed by atoms with E-state index in [1.54, 1.807) is 14.2 Å². The third kappa shape index (κ3) is 4.30. The minimum Gasteiger partial charge on any atom is -0.467 e. The lowest BCUT2D eigenvalue weighted by atomic mass is 10.1. The zero-order valence-electron chi connectivity index (χ0n) is 12.2. The molecule has 1 aromatic rings. The van der Waals surface area contributed by atoms with Crippen LogP contribution in [-0.4, -0.2) is 40.1 Å². The van der Waals surface area contributed by atoms with Gasteiger partial charge in [-0.3, -0.25) is 4.99 Å². The monoisotopic (exact) mass is 297 g/mol. The molecule has 1 heterocycles. The minimum absolute atomic E-state index is 0.187. The summed E-state index contributed by atoms with van der Waals surface area (Å²) in [5.41, 5.74) is 1.46. The summed E-state index contributed by atoms with van der Waals surface area (Å²) in [6.45, 7) is 2.18. The Balaban J connectivity index is 2.00. The number of fused-ring (bicyclic) bond motifs is 1. The van der Waals surface area contributed by atoms with Crippen LogP contribution in [0.1, 0.15) is 11.1 Å². The highest BCUT2D eigenvalue weighted by Crippen LogP contribution is 2.29. The quantitative estimate of drug-likeness (QED) is 0.482. The highest BCUT2D eigenvalue weighted by molar-refractivity contribution is 5.79. The first-order valence-corrected chi connectivity index (χ1v) is 6.70. The van der Waals surface area contributed by atoms with Crippen molar-refractivity contribution in [2.75, 3.05) is 34.1 Å². The molecule has 0 radical (unpaired) electrons. The van der Waals surface area contributed by atoms with Gasteiger partial charge in [0.05, 0.1) is 13.2 Å². The molecule has 0 unspecified atom stereocenters. The molecule has 116 valence electrons. The summed E-state index contributed by atoms with van der Waals surface area (Å²) >= 11 is 0. The number of nitrogens with zero attached hydrogens (tertiary/aromatic N) is 1. The van der Waals surface area contributed by atoms with Crippen LogP contribution < -0.4 is 15.4 Å².